The lowest BCUT2D eigenvalue weighted by Gasteiger charge is -2.12. The molecule has 1 aromatic heterocycles. The first kappa shape index (κ1) is 13.1. The van der Waals surface area contributed by atoms with E-state index in [0.717, 1.165) is 11.4 Å². The van der Waals surface area contributed by atoms with E-state index in [1.165, 1.54) is 11.3 Å². The van der Waals surface area contributed by atoms with Gasteiger partial charge in [0.2, 0.25) is 11.0 Å². The monoisotopic (exact) mass is 241 g/mol. The third kappa shape index (κ3) is 3.27. The minimum Gasteiger partial charge on any atom is -0.300 e. The highest BCUT2D eigenvalue weighted by atomic mass is 32.1. The van der Waals surface area contributed by atoms with Gasteiger partial charge < -0.3 is 5.32 Å². The van der Waals surface area contributed by atoms with Crippen LogP contribution in [-0.4, -0.2) is 16.1 Å². The number of hydrogen-bond acceptors (Lipinski definition) is 4. The second-order valence-corrected chi connectivity index (χ2v) is 5.94. The number of rotatable bonds is 3. The summed E-state index contributed by atoms with van der Waals surface area (Å²) >= 11 is 1.44. The average molecular weight is 241 g/mol. The van der Waals surface area contributed by atoms with Crippen molar-refractivity contribution in [3.63, 3.8) is 0 Å². The van der Waals surface area contributed by atoms with Gasteiger partial charge in [-0.15, -0.1) is 10.2 Å². The van der Waals surface area contributed by atoms with Crippen molar-refractivity contribution in [2.24, 2.45) is 5.92 Å². The summed E-state index contributed by atoms with van der Waals surface area (Å²) in [5.41, 5.74) is -0.0168. The third-order valence-electron chi connectivity index (χ3n) is 2.36. The largest absolute Gasteiger partial charge is 0.300 e. The number of carbonyl (C=O) groups excluding carboxylic acids is 1. The predicted molar refractivity (Wildman–Crippen MR) is 66.7 cm³/mol. The Kier molecular flexibility index (Phi) is 4.02. The Morgan fingerprint density at radius 3 is 2.50 bits per heavy atom. The minimum atomic E-state index is -0.0168. The van der Waals surface area contributed by atoms with Gasteiger partial charge in [0, 0.05) is 11.3 Å². The number of nitrogens with zero attached hydrogens (tertiary/aromatic N) is 2. The van der Waals surface area contributed by atoms with Gasteiger partial charge in [-0.05, 0) is 6.42 Å². The molecule has 16 heavy (non-hydrogen) atoms. The lowest BCUT2D eigenvalue weighted by molar-refractivity contribution is -0.119. The van der Waals surface area contributed by atoms with Gasteiger partial charge in [0.05, 0.1) is 0 Å². The number of amides is 1. The van der Waals surface area contributed by atoms with Crippen LogP contribution in [0, 0.1) is 5.92 Å². The van der Waals surface area contributed by atoms with Crippen LogP contribution in [0.5, 0.6) is 0 Å². The lowest BCUT2D eigenvalue weighted by atomic mass is 9.98. The standard InChI is InChI=1S/C11H19N3OS/c1-6-7(2)8(15)12-10-14-13-9(16-10)11(3,4)5/h7H,6H2,1-5H3,(H,12,14,15)/t7-/m1/s1. The fourth-order valence-corrected chi connectivity index (χ4v) is 1.80. The molecule has 0 bridgehead atoms. The van der Waals surface area contributed by atoms with Gasteiger partial charge in [0.25, 0.3) is 0 Å². The topological polar surface area (TPSA) is 54.9 Å². The molecule has 90 valence electrons. The van der Waals surface area contributed by atoms with Crippen LogP contribution in [0.1, 0.15) is 46.0 Å². The molecular formula is C11H19N3OS. The molecule has 1 aromatic rings. The van der Waals surface area contributed by atoms with Crippen molar-refractivity contribution < 1.29 is 4.79 Å². The van der Waals surface area contributed by atoms with E-state index in [9.17, 15) is 4.79 Å². The van der Waals surface area contributed by atoms with E-state index in [2.05, 4.69) is 36.3 Å². The van der Waals surface area contributed by atoms with Crippen LogP contribution in [0.4, 0.5) is 5.13 Å². The highest BCUT2D eigenvalue weighted by Crippen LogP contribution is 2.27. The molecule has 1 heterocycles. The predicted octanol–water partition coefficient (Wildman–Crippen LogP) is 2.82. The molecule has 0 spiro atoms. The first-order chi connectivity index (χ1) is 7.34. The number of nitrogens with one attached hydrogen (secondary N) is 1. The summed E-state index contributed by atoms with van der Waals surface area (Å²) in [6.45, 7) is 10.1. The zero-order chi connectivity index (χ0) is 12.3. The van der Waals surface area contributed by atoms with Crippen LogP contribution in [0.3, 0.4) is 0 Å². The van der Waals surface area contributed by atoms with Gasteiger partial charge >= 0.3 is 0 Å². The SMILES string of the molecule is CC[C@@H](C)C(=O)Nc1nnc(C(C)(C)C)s1. The maximum Gasteiger partial charge on any atom is 0.229 e. The Bertz CT molecular complexity index is 368. The Labute approximate surface area is 100 Å². The van der Waals surface area contributed by atoms with Crippen molar-refractivity contribution in [1.29, 1.82) is 0 Å². The van der Waals surface area contributed by atoms with Crippen molar-refractivity contribution in [1.82, 2.24) is 10.2 Å². The summed E-state index contributed by atoms with van der Waals surface area (Å²) < 4.78 is 0. The van der Waals surface area contributed by atoms with Gasteiger partial charge in [-0.2, -0.15) is 0 Å². The van der Waals surface area contributed by atoms with Crippen LogP contribution < -0.4 is 5.32 Å². The normalized spacial score (nSPS) is 13.6. The number of carbonyl (C=O) groups is 1. The Balaban J connectivity index is 2.70. The Hall–Kier alpha value is -0.970. The molecule has 1 N–H and O–H groups in total. The quantitative estimate of drug-likeness (QED) is 0.885. The van der Waals surface area contributed by atoms with Crippen molar-refractivity contribution in [2.45, 2.75) is 46.5 Å². The summed E-state index contributed by atoms with van der Waals surface area (Å²) in [5.74, 6) is 0.0288. The number of hydrogen-bond donors (Lipinski definition) is 1. The summed E-state index contributed by atoms with van der Waals surface area (Å²) in [6, 6.07) is 0. The zero-order valence-electron chi connectivity index (χ0n) is 10.5. The molecule has 1 amide bonds. The lowest BCUT2D eigenvalue weighted by Crippen LogP contribution is -2.19. The van der Waals surface area contributed by atoms with Crippen molar-refractivity contribution in [3.8, 4) is 0 Å². The molecule has 0 aromatic carbocycles. The van der Waals surface area contributed by atoms with E-state index in [1.54, 1.807) is 0 Å². The zero-order valence-corrected chi connectivity index (χ0v) is 11.3. The molecule has 0 aliphatic carbocycles. The molecule has 5 heteroatoms. The fraction of sp³-hybridized carbons (Fsp3) is 0.727. The van der Waals surface area contributed by atoms with Gasteiger partial charge in [0.1, 0.15) is 5.01 Å². The van der Waals surface area contributed by atoms with Crippen LogP contribution in [0.25, 0.3) is 0 Å². The molecule has 0 saturated heterocycles. The molecule has 1 atom stereocenters. The van der Waals surface area contributed by atoms with Crippen LogP contribution in [-0.2, 0) is 10.2 Å². The average Bonchev–Trinajstić information content (AvgIpc) is 2.64. The molecule has 0 saturated carbocycles. The molecule has 0 radical (unpaired) electrons. The molecule has 0 aliphatic heterocycles. The number of anilines is 1. The number of aromatic nitrogens is 2. The van der Waals surface area contributed by atoms with E-state index in [0.29, 0.717) is 5.13 Å². The summed E-state index contributed by atoms with van der Waals surface area (Å²) in [4.78, 5) is 11.6. The molecule has 0 fully saturated rings. The Morgan fingerprint density at radius 2 is 2.06 bits per heavy atom. The second-order valence-electron chi connectivity index (χ2n) is 4.96. The fourth-order valence-electron chi connectivity index (χ4n) is 0.991. The van der Waals surface area contributed by atoms with Gasteiger partial charge in [0.15, 0.2) is 0 Å². The van der Waals surface area contributed by atoms with E-state index in [4.69, 9.17) is 0 Å². The summed E-state index contributed by atoms with van der Waals surface area (Å²) in [5, 5.41) is 12.4. The third-order valence-corrected chi connectivity index (χ3v) is 3.62. The van der Waals surface area contributed by atoms with Crippen molar-refractivity contribution in [3.05, 3.63) is 5.01 Å². The maximum absolute atomic E-state index is 11.6. The highest BCUT2D eigenvalue weighted by molar-refractivity contribution is 7.15. The second kappa shape index (κ2) is 4.91. The van der Waals surface area contributed by atoms with Gasteiger partial charge in [-0.1, -0.05) is 46.0 Å². The van der Waals surface area contributed by atoms with E-state index < -0.39 is 0 Å². The summed E-state index contributed by atoms with van der Waals surface area (Å²) in [6.07, 6.45) is 0.830. The van der Waals surface area contributed by atoms with Crippen LogP contribution in [0.2, 0.25) is 0 Å². The molecule has 4 nitrogen and oxygen atoms in total. The van der Waals surface area contributed by atoms with E-state index in [-0.39, 0.29) is 17.2 Å². The van der Waals surface area contributed by atoms with Crippen molar-refractivity contribution in [2.75, 3.05) is 5.32 Å². The van der Waals surface area contributed by atoms with E-state index in [1.807, 2.05) is 13.8 Å². The van der Waals surface area contributed by atoms with Crippen LogP contribution in [0.15, 0.2) is 0 Å². The molecule has 0 unspecified atom stereocenters. The molecular weight excluding hydrogens is 222 g/mol. The van der Waals surface area contributed by atoms with Crippen LogP contribution >= 0.6 is 11.3 Å². The van der Waals surface area contributed by atoms with Gasteiger partial charge in [-0.25, -0.2) is 0 Å². The molecule has 1 rings (SSSR count). The van der Waals surface area contributed by atoms with E-state index >= 15 is 0 Å². The summed E-state index contributed by atoms with van der Waals surface area (Å²) in [7, 11) is 0. The Morgan fingerprint density at radius 1 is 1.44 bits per heavy atom. The first-order valence-electron chi connectivity index (χ1n) is 5.49. The maximum atomic E-state index is 11.6. The smallest absolute Gasteiger partial charge is 0.229 e. The first-order valence-corrected chi connectivity index (χ1v) is 6.31. The van der Waals surface area contributed by atoms with Gasteiger partial charge in [-0.3, -0.25) is 4.79 Å². The minimum absolute atomic E-state index is 0.0131. The molecule has 0 aliphatic rings. The van der Waals surface area contributed by atoms with Crippen molar-refractivity contribution >= 4 is 22.4 Å². The highest BCUT2D eigenvalue weighted by Gasteiger charge is 2.20.